The third kappa shape index (κ3) is 2.24. The van der Waals surface area contributed by atoms with Crippen molar-refractivity contribution in [2.45, 2.75) is 52.1 Å². The van der Waals surface area contributed by atoms with Crippen LogP contribution in [0.3, 0.4) is 0 Å². The van der Waals surface area contributed by atoms with Gasteiger partial charge in [-0.25, -0.2) is 0 Å². The van der Waals surface area contributed by atoms with Gasteiger partial charge in [0.15, 0.2) is 0 Å². The predicted molar refractivity (Wildman–Crippen MR) is 77.3 cm³/mol. The molecule has 0 heterocycles. The second-order valence-corrected chi connectivity index (χ2v) is 6.03. The number of hydrogen-bond acceptors (Lipinski definition) is 1. The van der Waals surface area contributed by atoms with Crippen molar-refractivity contribution in [3.8, 4) is 0 Å². The zero-order chi connectivity index (χ0) is 13.2. The third-order valence-corrected chi connectivity index (χ3v) is 4.55. The van der Waals surface area contributed by atoms with Crippen molar-refractivity contribution < 1.29 is 5.11 Å². The summed E-state index contributed by atoms with van der Waals surface area (Å²) in [6, 6.07) is 10.3. The molecule has 2 rings (SSSR count). The van der Waals surface area contributed by atoms with Gasteiger partial charge in [0.25, 0.3) is 0 Å². The van der Waals surface area contributed by atoms with E-state index < -0.39 is 5.60 Å². The lowest BCUT2D eigenvalue weighted by molar-refractivity contribution is -0.0573. The largest absolute Gasteiger partial charge is 0.385 e. The zero-order valence-corrected chi connectivity index (χ0v) is 11.7. The van der Waals surface area contributed by atoms with E-state index in [0.29, 0.717) is 0 Å². The van der Waals surface area contributed by atoms with Crippen LogP contribution in [0.4, 0.5) is 0 Å². The molecule has 1 aliphatic carbocycles. The first-order valence-corrected chi connectivity index (χ1v) is 6.98. The molecule has 18 heavy (non-hydrogen) atoms. The standard InChI is InChI=1S/C17H24O/c1-4-17(18)15(11-8-12-16(17,2)3)13-14-9-6-5-7-10-14/h5-7,9-10,13,18H,4,8,11-12H2,1-3H3/b15-13+. The van der Waals surface area contributed by atoms with E-state index in [0.717, 1.165) is 19.3 Å². The molecule has 1 N–H and O–H groups in total. The molecule has 98 valence electrons. The van der Waals surface area contributed by atoms with Crippen LogP contribution in [0.2, 0.25) is 0 Å². The SMILES string of the molecule is CCC1(O)/C(=C/c2ccccc2)CCCC1(C)C. The fraction of sp³-hybridized carbons (Fsp3) is 0.529. The number of aliphatic hydroxyl groups is 1. The van der Waals surface area contributed by atoms with Gasteiger partial charge in [0.2, 0.25) is 0 Å². The van der Waals surface area contributed by atoms with Gasteiger partial charge in [-0.2, -0.15) is 0 Å². The van der Waals surface area contributed by atoms with E-state index in [1.807, 2.05) is 18.2 Å². The molecule has 1 heteroatoms. The summed E-state index contributed by atoms with van der Waals surface area (Å²) >= 11 is 0. The van der Waals surface area contributed by atoms with Crippen LogP contribution in [-0.2, 0) is 0 Å². The highest BCUT2D eigenvalue weighted by Gasteiger charge is 2.46. The predicted octanol–water partition coefficient (Wildman–Crippen LogP) is 4.42. The summed E-state index contributed by atoms with van der Waals surface area (Å²) in [5, 5.41) is 11.1. The van der Waals surface area contributed by atoms with Crippen LogP contribution in [0.15, 0.2) is 35.9 Å². The Bertz CT molecular complexity index is 430. The van der Waals surface area contributed by atoms with Crippen LogP contribution in [0, 0.1) is 5.41 Å². The molecule has 1 aromatic rings. The summed E-state index contributed by atoms with van der Waals surface area (Å²) in [5.41, 5.74) is 1.71. The molecule has 1 aromatic carbocycles. The van der Waals surface area contributed by atoms with E-state index >= 15 is 0 Å². The molecule has 1 aliphatic rings. The van der Waals surface area contributed by atoms with E-state index in [4.69, 9.17) is 0 Å². The minimum Gasteiger partial charge on any atom is -0.385 e. The summed E-state index contributed by atoms with van der Waals surface area (Å²) in [4.78, 5) is 0. The van der Waals surface area contributed by atoms with Crippen molar-refractivity contribution in [1.29, 1.82) is 0 Å². The first kappa shape index (κ1) is 13.4. The maximum atomic E-state index is 11.1. The normalized spacial score (nSPS) is 29.4. The van der Waals surface area contributed by atoms with E-state index in [1.165, 1.54) is 17.6 Å². The molecule has 0 spiro atoms. The average Bonchev–Trinajstić information content (AvgIpc) is 2.36. The van der Waals surface area contributed by atoms with Gasteiger partial charge in [0, 0.05) is 0 Å². The Morgan fingerprint density at radius 1 is 1.22 bits per heavy atom. The minimum atomic E-state index is -0.652. The molecule has 0 bridgehead atoms. The summed E-state index contributed by atoms with van der Waals surface area (Å²) < 4.78 is 0. The minimum absolute atomic E-state index is 0.0272. The summed E-state index contributed by atoms with van der Waals surface area (Å²) in [6.07, 6.45) is 6.27. The molecule has 0 aliphatic heterocycles. The highest BCUT2D eigenvalue weighted by atomic mass is 16.3. The molecule has 0 aromatic heterocycles. The van der Waals surface area contributed by atoms with E-state index in [1.54, 1.807) is 0 Å². The molecular formula is C17H24O. The smallest absolute Gasteiger partial charge is 0.0908 e. The van der Waals surface area contributed by atoms with Gasteiger partial charge in [-0.05, 0) is 42.2 Å². The lowest BCUT2D eigenvalue weighted by atomic mass is 9.61. The molecule has 0 radical (unpaired) electrons. The Morgan fingerprint density at radius 3 is 2.50 bits per heavy atom. The van der Waals surface area contributed by atoms with E-state index in [2.05, 4.69) is 39.0 Å². The van der Waals surface area contributed by atoms with E-state index in [9.17, 15) is 5.11 Å². The zero-order valence-electron chi connectivity index (χ0n) is 11.7. The number of hydrogen-bond donors (Lipinski definition) is 1. The summed E-state index contributed by atoms with van der Waals surface area (Å²) in [5.74, 6) is 0. The first-order chi connectivity index (χ1) is 8.49. The van der Waals surface area contributed by atoms with Crippen molar-refractivity contribution in [3.63, 3.8) is 0 Å². The van der Waals surface area contributed by atoms with Gasteiger partial charge < -0.3 is 5.11 Å². The number of benzene rings is 1. The fourth-order valence-corrected chi connectivity index (χ4v) is 3.22. The van der Waals surface area contributed by atoms with Crippen molar-refractivity contribution in [2.24, 2.45) is 5.41 Å². The van der Waals surface area contributed by atoms with Gasteiger partial charge >= 0.3 is 0 Å². The molecule has 0 saturated heterocycles. The Morgan fingerprint density at radius 2 is 1.89 bits per heavy atom. The van der Waals surface area contributed by atoms with Crippen molar-refractivity contribution >= 4 is 6.08 Å². The average molecular weight is 244 g/mol. The van der Waals surface area contributed by atoms with Gasteiger partial charge in [0.05, 0.1) is 5.60 Å². The second kappa shape index (κ2) is 4.89. The number of rotatable bonds is 2. The third-order valence-electron chi connectivity index (χ3n) is 4.55. The maximum absolute atomic E-state index is 11.1. The highest BCUT2D eigenvalue weighted by molar-refractivity contribution is 5.56. The van der Waals surface area contributed by atoms with Gasteiger partial charge in [0.1, 0.15) is 0 Å². The molecule has 1 atom stereocenters. The van der Waals surface area contributed by atoms with Gasteiger partial charge in [-0.3, -0.25) is 0 Å². The van der Waals surface area contributed by atoms with E-state index in [-0.39, 0.29) is 5.41 Å². The van der Waals surface area contributed by atoms with Crippen molar-refractivity contribution in [1.82, 2.24) is 0 Å². The lowest BCUT2D eigenvalue weighted by Crippen LogP contribution is -2.48. The van der Waals surface area contributed by atoms with Gasteiger partial charge in [-0.1, -0.05) is 57.2 Å². The monoisotopic (exact) mass is 244 g/mol. The topological polar surface area (TPSA) is 20.2 Å². The molecule has 1 nitrogen and oxygen atoms in total. The van der Waals surface area contributed by atoms with Crippen LogP contribution in [-0.4, -0.2) is 10.7 Å². The Hall–Kier alpha value is -1.08. The summed E-state index contributed by atoms with van der Waals surface area (Å²) in [7, 11) is 0. The van der Waals surface area contributed by atoms with Crippen molar-refractivity contribution in [2.75, 3.05) is 0 Å². The van der Waals surface area contributed by atoms with Crippen LogP contribution in [0.1, 0.15) is 52.0 Å². The Kier molecular flexibility index (Phi) is 3.63. The molecule has 0 amide bonds. The second-order valence-electron chi connectivity index (χ2n) is 6.03. The Balaban J connectivity index is 2.40. The van der Waals surface area contributed by atoms with Gasteiger partial charge in [-0.15, -0.1) is 0 Å². The molecule has 1 saturated carbocycles. The molecular weight excluding hydrogens is 220 g/mol. The maximum Gasteiger partial charge on any atom is 0.0908 e. The van der Waals surface area contributed by atoms with Crippen LogP contribution in [0.5, 0.6) is 0 Å². The summed E-state index contributed by atoms with van der Waals surface area (Å²) in [6.45, 7) is 6.47. The highest BCUT2D eigenvalue weighted by Crippen LogP contribution is 2.49. The quantitative estimate of drug-likeness (QED) is 0.816. The fourth-order valence-electron chi connectivity index (χ4n) is 3.22. The van der Waals surface area contributed by atoms with Crippen molar-refractivity contribution in [3.05, 3.63) is 41.5 Å². The lowest BCUT2D eigenvalue weighted by Gasteiger charge is -2.48. The molecule has 1 unspecified atom stereocenters. The Labute approximate surface area is 111 Å². The van der Waals surface area contributed by atoms with Crippen LogP contribution in [0.25, 0.3) is 6.08 Å². The first-order valence-electron chi connectivity index (χ1n) is 6.98. The molecule has 1 fully saturated rings. The van der Waals surface area contributed by atoms with Crippen LogP contribution < -0.4 is 0 Å². The van der Waals surface area contributed by atoms with Crippen LogP contribution >= 0.6 is 0 Å².